The highest BCUT2D eigenvalue weighted by molar-refractivity contribution is 6.35. The highest BCUT2D eigenvalue weighted by atomic mass is 35.5. The molecule has 2 aliphatic heterocycles. The zero-order valence-corrected chi connectivity index (χ0v) is 20.5. The molecular formula is C27H21Cl2N3O3. The van der Waals surface area contributed by atoms with Gasteiger partial charge in [-0.2, -0.15) is 5.10 Å². The molecule has 4 aromatic rings. The molecule has 0 unspecified atom stereocenters. The molecular weight excluding hydrogens is 485 g/mol. The van der Waals surface area contributed by atoms with Crippen LogP contribution in [0.5, 0.6) is 11.5 Å². The van der Waals surface area contributed by atoms with Gasteiger partial charge >= 0.3 is 0 Å². The van der Waals surface area contributed by atoms with Crippen LogP contribution in [0.1, 0.15) is 47.1 Å². The number of para-hydroxylation sites is 1. The second-order valence-electron chi connectivity index (χ2n) is 8.64. The summed E-state index contributed by atoms with van der Waals surface area (Å²) in [6.07, 6.45) is 1.92. The SMILES string of the molecule is COc1ccc(C2=NN3[C@@H](c4cn(C(C)=O)c5ccccc45)Oc4c(Cl)cc(Cl)cc4[C@@H]3C2)cc1. The summed E-state index contributed by atoms with van der Waals surface area (Å²) in [7, 11) is 1.65. The zero-order chi connectivity index (χ0) is 24.3. The van der Waals surface area contributed by atoms with Crippen molar-refractivity contribution in [1.29, 1.82) is 0 Å². The third kappa shape index (κ3) is 3.56. The number of fused-ring (bicyclic) bond motifs is 4. The normalized spacial score (nSPS) is 18.6. The molecule has 3 aromatic carbocycles. The smallest absolute Gasteiger partial charge is 0.227 e. The second kappa shape index (κ2) is 8.33. The lowest BCUT2D eigenvalue weighted by Crippen LogP contribution is -2.33. The van der Waals surface area contributed by atoms with Crippen molar-refractivity contribution in [3.63, 3.8) is 0 Å². The summed E-state index contributed by atoms with van der Waals surface area (Å²) in [5.41, 5.74) is 4.48. The number of hydrazone groups is 1. The van der Waals surface area contributed by atoms with E-state index in [9.17, 15) is 4.79 Å². The summed E-state index contributed by atoms with van der Waals surface area (Å²) in [6, 6.07) is 19.1. The van der Waals surface area contributed by atoms with Crippen LogP contribution in [-0.4, -0.2) is 28.3 Å². The Morgan fingerprint density at radius 3 is 2.60 bits per heavy atom. The number of ether oxygens (including phenoxy) is 2. The maximum Gasteiger partial charge on any atom is 0.227 e. The summed E-state index contributed by atoms with van der Waals surface area (Å²) < 4.78 is 13.5. The monoisotopic (exact) mass is 505 g/mol. The van der Waals surface area contributed by atoms with E-state index in [1.54, 1.807) is 24.7 Å². The number of carbonyl (C=O) groups excluding carboxylic acids is 1. The lowest BCUT2D eigenvalue weighted by Gasteiger charge is -2.38. The van der Waals surface area contributed by atoms with E-state index >= 15 is 0 Å². The van der Waals surface area contributed by atoms with Gasteiger partial charge < -0.3 is 9.47 Å². The highest BCUT2D eigenvalue weighted by Gasteiger charge is 2.43. The van der Waals surface area contributed by atoms with E-state index in [1.165, 1.54) is 0 Å². The first-order chi connectivity index (χ1) is 16.9. The molecule has 1 aromatic heterocycles. The molecule has 0 radical (unpaired) electrons. The largest absolute Gasteiger partial charge is 0.497 e. The fourth-order valence-electron chi connectivity index (χ4n) is 4.94. The Morgan fingerprint density at radius 2 is 1.86 bits per heavy atom. The van der Waals surface area contributed by atoms with E-state index in [2.05, 4.69) is 0 Å². The van der Waals surface area contributed by atoms with Crippen molar-refractivity contribution in [2.75, 3.05) is 7.11 Å². The maximum absolute atomic E-state index is 12.4. The second-order valence-corrected chi connectivity index (χ2v) is 9.49. The minimum absolute atomic E-state index is 0.0751. The number of aromatic nitrogens is 1. The summed E-state index contributed by atoms with van der Waals surface area (Å²) >= 11 is 13.0. The van der Waals surface area contributed by atoms with Crippen molar-refractivity contribution in [2.24, 2.45) is 5.10 Å². The van der Waals surface area contributed by atoms with Crippen molar-refractivity contribution in [3.8, 4) is 11.5 Å². The fourth-order valence-corrected chi connectivity index (χ4v) is 5.49. The van der Waals surface area contributed by atoms with Gasteiger partial charge in [-0.3, -0.25) is 9.36 Å². The van der Waals surface area contributed by atoms with Crippen LogP contribution in [0, 0.1) is 0 Å². The first-order valence-corrected chi connectivity index (χ1v) is 12.0. The first-order valence-electron chi connectivity index (χ1n) is 11.2. The molecule has 2 aliphatic rings. The molecule has 0 bridgehead atoms. The predicted octanol–water partition coefficient (Wildman–Crippen LogP) is 6.86. The van der Waals surface area contributed by atoms with Crippen molar-refractivity contribution in [2.45, 2.75) is 25.6 Å². The molecule has 0 saturated carbocycles. The Balaban J connectivity index is 1.52. The van der Waals surface area contributed by atoms with Crippen LogP contribution in [0.25, 0.3) is 10.9 Å². The molecule has 8 heteroatoms. The number of nitrogens with zero attached hydrogens (tertiary/aromatic N) is 3. The number of halogens is 2. The maximum atomic E-state index is 12.4. The van der Waals surface area contributed by atoms with Gasteiger partial charge in [0, 0.05) is 41.1 Å². The van der Waals surface area contributed by atoms with Gasteiger partial charge in [0.15, 0.2) is 0 Å². The predicted molar refractivity (Wildman–Crippen MR) is 137 cm³/mol. The molecule has 0 spiro atoms. The average molecular weight is 506 g/mol. The third-order valence-electron chi connectivity index (χ3n) is 6.58. The van der Waals surface area contributed by atoms with Crippen LogP contribution in [-0.2, 0) is 0 Å². The molecule has 35 heavy (non-hydrogen) atoms. The molecule has 0 amide bonds. The lowest BCUT2D eigenvalue weighted by molar-refractivity contribution is -0.0180. The molecule has 3 heterocycles. The fraction of sp³-hybridized carbons (Fsp3) is 0.185. The molecule has 0 aliphatic carbocycles. The van der Waals surface area contributed by atoms with Crippen LogP contribution in [0.4, 0.5) is 0 Å². The van der Waals surface area contributed by atoms with Gasteiger partial charge in [0.2, 0.25) is 12.1 Å². The Morgan fingerprint density at radius 1 is 1.09 bits per heavy atom. The van der Waals surface area contributed by atoms with Gasteiger partial charge in [0.25, 0.3) is 0 Å². The lowest BCUT2D eigenvalue weighted by atomic mass is 9.95. The van der Waals surface area contributed by atoms with Crippen molar-refractivity contribution in [3.05, 3.63) is 93.6 Å². The van der Waals surface area contributed by atoms with E-state index < -0.39 is 6.23 Å². The molecule has 2 atom stereocenters. The van der Waals surface area contributed by atoms with Crippen LogP contribution >= 0.6 is 23.2 Å². The van der Waals surface area contributed by atoms with Gasteiger partial charge in [0.05, 0.1) is 29.4 Å². The summed E-state index contributed by atoms with van der Waals surface area (Å²) in [4.78, 5) is 12.4. The van der Waals surface area contributed by atoms with Crippen molar-refractivity contribution in [1.82, 2.24) is 9.58 Å². The third-order valence-corrected chi connectivity index (χ3v) is 7.08. The Labute approximate surface area is 212 Å². The molecule has 6 nitrogen and oxygen atoms in total. The molecule has 6 rings (SSSR count). The molecule has 176 valence electrons. The van der Waals surface area contributed by atoms with Gasteiger partial charge in [-0.05, 0) is 48.0 Å². The van der Waals surface area contributed by atoms with Crippen LogP contribution in [0.15, 0.2) is 72.0 Å². The van der Waals surface area contributed by atoms with Crippen LogP contribution in [0.3, 0.4) is 0 Å². The van der Waals surface area contributed by atoms with Gasteiger partial charge in [-0.15, -0.1) is 0 Å². The van der Waals surface area contributed by atoms with E-state index in [0.717, 1.165) is 39.1 Å². The quantitative estimate of drug-likeness (QED) is 0.305. The number of methoxy groups -OCH3 is 1. The minimum Gasteiger partial charge on any atom is -0.497 e. The van der Waals surface area contributed by atoms with Crippen molar-refractivity contribution >= 4 is 45.7 Å². The van der Waals surface area contributed by atoms with Crippen LogP contribution in [0.2, 0.25) is 10.0 Å². The number of hydrogen-bond acceptors (Lipinski definition) is 5. The minimum atomic E-state index is -0.576. The number of rotatable bonds is 3. The Bertz CT molecular complexity index is 1510. The van der Waals surface area contributed by atoms with Gasteiger partial charge in [-0.25, -0.2) is 5.01 Å². The van der Waals surface area contributed by atoms with Crippen LogP contribution < -0.4 is 9.47 Å². The van der Waals surface area contributed by atoms with E-state index in [-0.39, 0.29) is 11.9 Å². The number of hydrogen-bond donors (Lipinski definition) is 0. The number of carbonyl (C=O) groups is 1. The molecule has 0 fully saturated rings. The van der Waals surface area contributed by atoms with Crippen molar-refractivity contribution < 1.29 is 14.3 Å². The van der Waals surface area contributed by atoms with E-state index in [1.807, 2.05) is 65.8 Å². The summed E-state index contributed by atoms with van der Waals surface area (Å²) in [5.74, 6) is 1.30. The summed E-state index contributed by atoms with van der Waals surface area (Å²) in [5, 5.41) is 8.89. The van der Waals surface area contributed by atoms with E-state index in [0.29, 0.717) is 22.2 Å². The van der Waals surface area contributed by atoms with E-state index in [4.69, 9.17) is 37.8 Å². The Kier molecular flexibility index (Phi) is 5.24. The highest BCUT2D eigenvalue weighted by Crippen LogP contribution is 2.51. The van der Waals surface area contributed by atoms with Gasteiger partial charge in [-0.1, -0.05) is 41.4 Å². The molecule has 0 N–H and O–H groups in total. The Hall–Kier alpha value is -3.48. The van der Waals surface area contributed by atoms with Gasteiger partial charge in [0.1, 0.15) is 11.5 Å². The first kappa shape index (κ1) is 22.0. The molecule has 0 saturated heterocycles. The number of benzene rings is 3. The topological polar surface area (TPSA) is 56.1 Å². The standard InChI is InChI=1S/C27H21Cl2N3O3/c1-15(33)31-14-21(19-5-3-4-6-24(19)31)27-32-25(20-11-17(28)12-22(29)26(20)35-27)13-23(30-32)16-7-9-18(34-2)10-8-16/h3-12,14,25,27H,13H2,1-2H3/t25-,27+/m0/s1. The summed E-state index contributed by atoms with van der Waals surface area (Å²) in [6.45, 7) is 1.55. The zero-order valence-electron chi connectivity index (χ0n) is 19.0. The average Bonchev–Trinajstić information content (AvgIpc) is 3.47.